The van der Waals surface area contributed by atoms with Crippen molar-refractivity contribution in [2.45, 2.75) is 17.9 Å². The van der Waals surface area contributed by atoms with Gasteiger partial charge in [-0.25, -0.2) is 4.79 Å². The van der Waals surface area contributed by atoms with Crippen LogP contribution in [0.15, 0.2) is 23.1 Å². The van der Waals surface area contributed by atoms with Crippen LogP contribution < -0.4 is 5.32 Å². The second-order valence-corrected chi connectivity index (χ2v) is 4.07. The van der Waals surface area contributed by atoms with Gasteiger partial charge in [0.25, 0.3) is 0 Å². The van der Waals surface area contributed by atoms with Crippen molar-refractivity contribution < 1.29 is 9.90 Å². The molecule has 1 atom stereocenters. The highest BCUT2D eigenvalue weighted by Gasteiger charge is 2.15. The number of terminal acetylenes is 1. The van der Waals surface area contributed by atoms with E-state index in [4.69, 9.17) is 11.5 Å². The minimum atomic E-state index is -0.948. The Morgan fingerprint density at radius 3 is 2.81 bits per heavy atom. The fourth-order valence-electron chi connectivity index (χ4n) is 1.32. The van der Waals surface area contributed by atoms with Gasteiger partial charge in [0.05, 0.1) is 17.3 Å². The summed E-state index contributed by atoms with van der Waals surface area (Å²) in [6.07, 6.45) is 7.09. The van der Waals surface area contributed by atoms with E-state index in [1.54, 1.807) is 19.1 Å². The van der Waals surface area contributed by atoms with Gasteiger partial charge >= 0.3 is 5.97 Å². The molecule has 4 heteroatoms. The Labute approximate surface area is 99.2 Å². The van der Waals surface area contributed by atoms with E-state index in [1.165, 1.54) is 11.8 Å². The normalized spacial score (nSPS) is 11.6. The summed E-state index contributed by atoms with van der Waals surface area (Å²) in [5, 5.41) is 12.1. The molecule has 0 heterocycles. The van der Waals surface area contributed by atoms with Crippen LogP contribution in [0.1, 0.15) is 17.3 Å². The number of rotatable bonds is 4. The molecule has 16 heavy (non-hydrogen) atoms. The van der Waals surface area contributed by atoms with E-state index in [-0.39, 0.29) is 11.6 Å². The fraction of sp³-hybridized carbons (Fsp3) is 0.250. The molecule has 0 bridgehead atoms. The molecule has 0 aliphatic heterocycles. The maximum absolute atomic E-state index is 11.2. The minimum absolute atomic E-state index is 0.199. The van der Waals surface area contributed by atoms with Gasteiger partial charge in [-0.3, -0.25) is 0 Å². The van der Waals surface area contributed by atoms with Crippen LogP contribution >= 0.6 is 11.8 Å². The van der Waals surface area contributed by atoms with E-state index >= 15 is 0 Å². The summed E-state index contributed by atoms with van der Waals surface area (Å²) in [5.74, 6) is 1.56. The molecule has 3 nitrogen and oxygen atoms in total. The van der Waals surface area contributed by atoms with Gasteiger partial charge in [0.15, 0.2) is 0 Å². The standard InChI is InChI=1S/C12H13NO2S/c1-4-8(2)13-9-6-5-7-10(16-3)11(9)12(14)15/h1,5-8,13H,2-3H3,(H,14,15). The Bertz CT molecular complexity index is 437. The molecule has 1 aromatic rings. The number of carbonyl (C=O) groups is 1. The SMILES string of the molecule is C#CC(C)Nc1cccc(SC)c1C(=O)O. The predicted molar refractivity (Wildman–Crippen MR) is 67.1 cm³/mol. The average molecular weight is 235 g/mol. The molecule has 0 aliphatic rings. The first-order valence-corrected chi connectivity index (χ1v) is 5.95. The second kappa shape index (κ2) is 5.47. The maximum atomic E-state index is 11.2. The van der Waals surface area contributed by atoms with E-state index in [2.05, 4.69) is 11.2 Å². The third-order valence-electron chi connectivity index (χ3n) is 2.08. The molecule has 0 saturated heterocycles. The maximum Gasteiger partial charge on any atom is 0.338 e. The number of carboxylic acid groups (broad SMARTS) is 1. The lowest BCUT2D eigenvalue weighted by molar-refractivity contribution is 0.0694. The second-order valence-electron chi connectivity index (χ2n) is 3.22. The van der Waals surface area contributed by atoms with Crippen molar-refractivity contribution in [3.05, 3.63) is 23.8 Å². The van der Waals surface area contributed by atoms with Crippen molar-refractivity contribution in [1.29, 1.82) is 0 Å². The summed E-state index contributed by atoms with van der Waals surface area (Å²) in [5.41, 5.74) is 0.835. The zero-order valence-electron chi connectivity index (χ0n) is 9.15. The number of hydrogen-bond acceptors (Lipinski definition) is 3. The zero-order valence-corrected chi connectivity index (χ0v) is 9.97. The van der Waals surface area contributed by atoms with Crippen LogP contribution in [0, 0.1) is 12.3 Å². The largest absolute Gasteiger partial charge is 0.478 e. The molecule has 0 saturated carbocycles. The molecule has 0 fully saturated rings. The molecule has 0 spiro atoms. The monoisotopic (exact) mass is 235 g/mol. The Balaban J connectivity index is 3.18. The van der Waals surface area contributed by atoms with Gasteiger partial charge in [0.2, 0.25) is 0 Å². The van der Waals surface area contributed by atoms with Crippen LogP contribution in [0.4, 0.5) is 5.69 Å². The topological polar surface area (TPSA) is 49.3 Å². The molecule has 0 aliphatic carbocycles. The number of carboxylic acids is 1. The van der Waals surface area contributed by atoms with Crippen molar-refractivity contribution in [2.24, 2.45) is 0 Å². The number of aromatic carboxylic acids is 1. The lowest BCUT2D eigenvalue weighted by Crippen LogP contribution is -2.15. The highest BCUT2D eigenvalue weighted by Crippen LogP contribution is 2.27. The van der Waals surface area contributed by atoms with Crippen LogP contribution in [0.2, 0.25) is 0 Å². The van der Waals surface area contributed by atoms with Crippen LogP contribution in [-0.4, -0.2) is 23.4 Å². The van der Waals surface area contributed by atoms with Crippen LogP contribution in [0.3, 0.4) is 0 Å². The Hall–Kier alpha value is -1.60. The Morgan fingerprint density at radius 2 is 2.31 bits per heavy atom. The van der Waals surface area contributed by atoms with E-state index in [9.17, 15) is 4.79 Å². The van der Waals surface area contributed by atoms with Gasteiger partial charge < -0.3 is 10.4 Å². The zero-order chi connectivity index (χ0) is 12.1. The first-order chi connectivity index (χ1) is 7.60. The summed E-state index contributed by atoms with van der Waals surface area (Å²) in [7, 11) is 0. The van der Waals surface area contributed by atoms with Crippen molar-refractivity contribution in [3.8, 4) is 12.3 Å². The molecule has 2 N–H and O–H groups in total. The summed E-state index contributed by atoms with van der Waals surface area (Å²) in [4.78, 5) is 11.9. The van der Waals surface area contributed by atoms with E-state index in [1.807, 2.05) is 12.3 Å². The number of benzene rings is 1. The van der Waals surface area contributed by atoms with Gasteiger partial charge in [-0.15, -0.1) is 18.2 Å². The lowest BCUT2D eigenvalue weighted by atomic mass is 10.1. The third kappa shape index (κ3) is 2.71. The molecule has 1 aromatic carbocycles. The third-order valence-corrected chi connectivity index (χ3v) is 2.86. The molecule has 0 aromatic heterocycles. The van der Waals surface area contributed by atoms with Gasteiger partial charge in [-0.05, 0) is 25.3 Å². The summed E-state index contributed by atoms with van der Waals surface area (Å²) in [6, 6.07) is 5.11. The first-order valence-electron chi connectivity index (χ1n) is 4.73. The van der Waals surface area contributed by atoms with Gasteiger partial charge in [-0.2, -0.15) is 0 Å². The van der Waals surface area contributed by atoms with Gasteiger partial charge in [0.1, 0.15) is 0 Å². The first kappa shape index (κ1) is 12.5. The van der Waals surface area contributed by atoms with E-state index < -0.39 is 5.97 Å². The summed E-state index contributed by atoms with van der Waals surface area (Å²) >= 11 is 1.40. The Kier molecular flexibility index (Phi) is 4.27. The molecular weight excluding hydrogens is 222 g/mol. The fourth-order valence-corrected chi connectivity index (χ4v) is 1.93. The van der Waals surface area contributed by atoms with Crippen molar-refractivity contribution in [3.63, 3.8) is 0 Å². The number of nitrogens with one attached hydrogen (secondary N) is 1. The van der Waals surface area contributed by atoms with E-state index in [0.29, 0.717) is 5.69 Å². The van der Waals surface area contributed by atoms with Crippen molar-refractivity contribution >= 4 is 23.4 Å². The molecule has 84 valence electrons. The quantitative estimate of drug-likeness (QED) is 0.622. The highest BCUT2D eigenvalue weighted by molar-refractivity contribution is 7.98. The smallest absolute Gasteiger partial charge is 0.338 e. The van der Waals surface area contributed by atoms with Crippen molar-refractivity contribution in [1.82, 2.24) is 0 Å². The highest BCUT2D eigenvalue weighted by atomic mass is 32.2. The van der Waals surface area contributed by atoms with Gasteiger partial charge in [0, 0.05) is 4.90 Å². The number of anilines is 1. The number of thioether (sulfide) groups is 1. The lowest BCUT2D eigenvalue weighted by Gasteiger charge is -2.14. The summed E-state index contributed by atoms with van der Waals surface area (Å²) < 4.78 is 0. The molecular formula is C12H13NO2S. The van der Waals surface area contributed by atoms with Crippen LogP contribution in [0.5, 0.6) is 0 Å². The van der Waals surface area contributed by atoms with Crippen LogP contribution in [0.25, 0.3) is 0 Å². The average Bonchev–Trinajstić information content (AvgIpc) is 2.28. The molecule has 1 rings (SSSR count). The Morgan fingerprint density at radius 1 is 1.62 bits per heavy atom. The molecule has 0 radical (unpaired) electrons. The number of hydrogen-bond donors (Lipinski definition) is 2. The summed E-state index contributed by atoms with van der Waals surface area (Å²) in [6.45, 7) is 1.80. The van der Waals surface area contributed by atoms with Crippen molar-refractivity contribution in [2.75, 3.05) is 11.6 Å². The molecule has 1 unspecified atom stereocenters. The molecule has 0 amide bonds. The van der Waals surface area contributed by atoms with Gasteiger partial charge in [-0.1, -0.05) is 12.0 Å². The van der Waals surface area contributed by atoms with E-state index in [0.717, 1.165) is 4.90 Å². The predicted octanol–water partition coefficient (Wildman–Crippen LogP) is 2.54. The van der Waals surface area contributed by atoms with Crippen LogP contribution in [-0.2, 0) is 0 Å². The minimum Gasteiger partial charge on any atom is -0.478 e.